The molecular weight excluding hydrogens is 396 g/mol. The number of hydrogen-bond acceptors (Lipinski definition) is 5. The number of rotatable bonds is 7. The third kappa shape index (κ3) is 5.87. The summed E-state index contributed by atoms with van der Waals surface area (Å²) in [6.45, 7) is 5.70. The lowest BCUT2D eigenvalue weighted by atomic mass is 10.0. The Kier molecular flexibility index (Phi) is 7.14. The van der Waals surface area contributed by atoms with E-state index < -0.39 is 5.97 Å². The highest BCUT2D eigenvalue weighted by Crippen LogP contribution is 2.26. The maximum atomic E-state index is 12.5. The molecule has 1 N–H and O–H groups in total. The van der Waals surface area contributed by atoms with Crippen LogP contribution in [0.2, 0.25) is 0 Å². The molecule has 3 aromatic rings. The fourth-order valence-corrected chi connectivity index (χ4v) is 3.60. The summed E-state index contributed by atoms with van der Waals surface area (Å²) >= 11 is 1.50. The van der Waals surface area contributed by atoms with E-state index in [2.05, 4.69) is 48.4 Å². The van der Waals surface area contributed by atoms with E-state index in [9.17, 15) is 9.59 Å². The van der Waals surface area contributed by atoms with Gasteiger partial charge in [0.1, 0.15) is 17.3 Å². The van der Waals surface area contributed by atoms with Crippen LogP contribution in [0.5, 0.6) is 0 Å². The molecule has 0 fully saturated rings. The molecule has 0 atom stereocenters. The lowest BCUT2D eigenvalue weighted by Crippen LogP contribution is -2.26. The molecule has 0 aliphatic heterocycles. The number of thiazole rings is 1. The monoisotopic (exact) mass is 420 g/mol. The molecule has 0 bridgehead atoms. The van der Waals surface area contributed by atoms with E-state index in [0.717, 1.165) is 16.1 Å². The molecule has 1 amide bonds. The number of benzene rings is 2. The summed E-state index contributed by atoms with van der Waals surface area (Å²) in [4.78, 5) is 28.5. The van der Waals surface area contributed by atoms with Gasteiger partial charge in [0.15, 0.2) is 0 Å². The van der Waals surface area contributed by atoms with Crippen molar-refractivity contribution < 1.29 is 14.3 Å². The van der Waals surface area contributed by atoms with Crippen molar-refractivity contribution in [2.24, 2.45) is 0 Å². The number of aromatic nitrogens is 1. The fraction of sp³-hybridized carbons (Fsp3) is 0.208. The average Bonchev–Trinajstić information content (AvgIpc) is 3.21. The standard InChI is InChI=1S/C24H24N2O3S/c1-16(2)19-9-11-20(12-10-19)23-26-21(15-30-23)14-29-24(28)22(25-17(3)27)13-18-7-5-4-6-8-18/h4-13,15-16H,14H2,1-3H3,(H,25,27)/b22-13-. The molecule has 0 aliphatic rings. The molecule has 1 heterocycles. The highest BCUT2D eigenvalue weighted by atomic mass is 32.1. The summed E-state index contributed by atoms with van der Waals surface area (Å²) in [6, 6.07) is 17.6. The summed E-state index contributed by atoms with van der Waals surface area (Å²) in [5, 5.41) is 5.29. The summed E-state index contributed by atoms with van der Waals surface area (Å²) in [5.74, 6) is -0.466. The van der Waals surface area contributed by atoms with Gasteiger partial charge in [0.25, 0.3) is 0 Å². The van der Waals surface area contributed by atoms with Crippen LogP contribution in [0.1, 0.15) is 43.5 Å². The third-order valence-electron chi connectivity index (χ3n) is 4.37. The minimum absolute atomic E-state index is 0.0329. The first-order valence-electron chi connectivity index (χ1n) is 9.68. The van der Waals surface area contributed by atoms with Crippen LogP contribution in [0.15, 0.2) is 65.7 Å². The Hall–Kier alpha value is -3.25. The summed E-state index contributed by atoms with van der Waals surface area (Å²) in [5.41, 5.74) is 3.86. The van der Waals surface area contributed by atoms with E-state index in [1.165, 1.54) is 23.8 Å². The van der Waals surface area contributed by atoms with Crippen molar-refractivity contribution in [1.82, 2.24) is 10.3 Å². The van der Waals surface area contributed by atoms with Crippen molar-refractivity contribution in [2.45, 2.75) is 33.3 Å². The van der Waals surface area contributed by atoms with E-state index in [-0.39, 0.29) is 18.2 Å². The van der Waals surface area contributed by atoms with Crippen molar-refractivity contribution >= 4 is 29.3 Å². The van der Waals surface area contributed by atoms with Gasteiger partial charge < -0.3 is 10.1 Å². The van der Waals surface area contributed by atoms with Gasteiger partial charge in [-0.25, -0.2) is 9.78 Å². The number of nitrogens with zero attached hydrogens (tertiary/aromatic N) is 1. The molecule has 30 heavy (non-hydrogen) atoms. The SMILES string of the molecule is CC(=O)N/C(=C\c1ccccc1)C(=O)OCc1csc(-c2ccc(C(C)C)cc2)n1. The average molecular weight is 421 g/mol. The molecule has 0 spiro atoms. The highest BCUT2D eigenvalue weighted by molar-refractivity contribution is 7.13. The van der Waals surface area contributed by atoms with E-state index in [1.54, 1.807) is 6.08 Å². The minimum atomic E-state index is -0.607. The maximum Gasteiger partial charge on any atom is 0.355 e. The van der Waals surface area contributed by atoms with E-state index >= 15 is 0 Å². The lowest BCUT2D eigenvalue weighted by Gasteiger charge is -2.08. The number of carbonyl (C=O) groups excluding carboxylic acids is 2. The number of nitrogens with one attached hydrogen (secondary N) is 1. The highest BCUT2D eigenvalue weighted by Gasteiger charge is 2.14. The number of esters is 1. The first kappa shape index (κ1) is 21.5. The largest absolute Gasteiger partial charge is 0.454 e. The van der Waals surface area contributed by atoms with Crippen molar-refractivity contribution in [1.29, 1.82) is 0 Å². The van der Waals surface area contributed by atoms with E-state index in [0.29, 0.717) is 11.6 Å². The van der Waals surface area contributed by atoms with Gasteiger partial charge >= 0.3 is 5.97 Å². The van der Waals surface area contributed by atoms with Gasteiger partial charge in [-0.15, -0.1) is 11.3 Å². The van der Waals surface area contributed by atoms with Crippen LogP contribution < -0.4 is 5.32 Å². The number of hydrogen-bond donors (Lipinski definition) is 1. The Morgan fingerprint density at radius 2 is 1.80 bits per heavy atom. The topological polar surface area (TPSA) is 68.3 Å². The fourth-order valence-electron chi connectivity index (χ4n) is 2.79. The molecule has 0 saturated heterocycles. The zero-order valence-electron chi connectivity index (χ0n) is 17.2. The molecule has 3 rings (SSSR count). The second-order valence-electron chi connectivity index (χ2n) is 7.15. The number of ether oxygens (including phenoxy) is 1. The van der Waals surface area contributed by atoms with Gasteiger partial charge in [-0.3, -0.25) is 4.79 Å². The number of amides is 1. The molecule has 0 radical (unpaired) electrons. The molecule has 154 valence electrons. The number of carbonyl (C=O) groups is 2. The van der Waals surface area contributed by atoms with Gasteiger partial charge in [-0.05, 0) is 23.1 Å². The smallest absolute Gasteiger partial charge is 0.355 e. The van der Waals surface area contributed by atoms with E-state index in [1.807, 2.05) is 35.7 Å². The van der Waals surface area contributed by atoms with E-state index in [4.69, 9.17) is 4.74 Å². The molecule has 5 nitrogen and oxygen atoms in total. The molecule has 0 aliphatic carbocycles. The molecule has 2 aromatic carbocycles. The molecular formula is C24H24N2O3S. The second kappa shape index (κ2) is 9.98. The van der Waals surface area contributed by atoms with Gasteiger partial charge in [-0.2, -0.15) is 0 Å². The molecule has 1 aromatic heterocycles. The maximum absolute atomic E-state index is 12.5. The normalized spacial score (nSPS) is 11.4. The van der Waals surface area contributed by atoms with Gasteiger partial charge in [-0.1, -0.05) is 68.4 Å². The summed E-state index contributed by atoms with van der Waals surface area (Å²) < 4.78 is 5.39. The second-order valence-corrected chi connectivity index (χ2v) is 8.00. The zero-order chi connectivity index (χ0) is 21.5. The van der Waals surface area contributed by atoms with Crippen LogP contribution in [0.3, 0.4) is 0 Å². The van der Waals surface area contributed by atoms with Crippen molar-refractivity contribution in [3.8, 4) is 10.6 Å². The van der Waals surface area contributed by atoms with Gasteiger partial charge in [0, 0.05) is 17.9 Å². The summed E-state index contributed by atoms with van der Waals surface area (Å²) in [6.07, 6.45) is 1.59. The predicted molar refractivity (Wildman–Crippen MR) is 120 cm³/mol. The first-order valence-corrected chi connectivity index (χ1v) is 10.6. The molecule has 0 unspecified atom stereocenters. The van der Waals surface area contributed by atoms with Gasteiger partial charge in [0.2, 0.25) is 5.91 Å². The first-order chi connectivity index (χ1) is 14.4. The molecule has 0 saturated carbocycles. The molecule has 6 heteroatoms. The van der Waals surface area contributed by atoms with Crippen molar-refractivity contribution in [2.75, 3.05) is 0 Å². The van der Waals surface area contributed by atoms with Crippen LogP contribution in [0, 0.1) is 0 Å². The summed E-state index contributed by atoms with van der Waals surface area (Å²) in [7, 11) is 0. The van der Waals surface area contributed by atoms with Gasteiger partial charge in [0.05, 0.1) is 5.69 Å². The van der Waals surface area contributed by atoms with Crippen LogP contribution in [-0.2, 0) is 20.9 Å². The minimum Gasteiger partial charge on any atom is -0.454 e. The van der Waals surface area contributed by atoms with Crippen LogP contribution >= 0.6 is 11.3 Å². The Balaban J connectivity index is 1.67. The van der Waals surface area contributed by atoms with Crippen LogP contribution in [0.4, 0.5) is 0 Å². The lowest BCUT2D eigenvalue weighted by molar-refractivity contribution is -0.141. The Morgan fingerprint density at radius 3 is 2.43 bits per heavy atom. The Labute approximate surface area is 180 Å². The third-order valence-corrected chi connectivity index (χ3v) is 5.31. The predicted octanol–water partition coefficient (Wildman–Crippen LogP) is 5.15. The van der Waals surface area contributed by atoms with Crippen LogP contribution in [-0.4, -0.2) is 16.9 Å². The quantitative estimate of drug-likeness (QED) is 0.424. The van der Waals surface area contributed by atoms with Crippen molar-refractivity contribution in [3.05, 3.63) is 82.5 Å². The Bertz CT molecular complexity index is 1040. The van der Waals surface area contributed by atoms with Crippen molar-refractivity contribution in [3.63, 3.8) is 0 Å². The Morgan fingerprint density at radius 1 is 1.10 bits per heavy atom. The zero-order valence-corrected chi connectivity index (χ0v) is 18.0. The van der Waals surface area contributed by atoms with Crippen LogP contribution in [0.25, 0.3) is 16.6 Å².